The number of aromatic nitrogens is 3. The van der Waals surface area contributed by atoms with Gasteiger partial charge in [0, 0.05) is 25.0 Å². The van der Waals surface area contributed by atoms with Crippen molar-refractivity contribution in [3.05, 3.63) is 42.5 Å². The van der Waals surface area contributed by atoms with Crippen molar-refractivity contribution in [2.24, 2.45) is 5.41 Å². The predicted octanol–water partition coefficient (Wildman–Crippen LogP) is 2.79. The summed E-state index contributed by atoms with van der Waals surface area (Å²) in [5.41, 5.74) is 0.197. The van der Waals surface area contributed by atoms with Crippen LogP contribution in [0.25, 0.3) is 0 Å². The van der Waals surface area contributed by atoms with Crippen molar-refractivity contribution in [1.29, 1.82) is 0 Å². The van der Waals surface area contributed by atoms with Gasteiger partial charge in [-0.1, -0.05) is 24.6 Å². The summed E-state index contributed by atoms with van der Waals surface area (Å²) in [4.78, 5) is 14.7. The van der Waals surface area contributed by atoms with Gasteiger partial charge in [-0.2, -0.15) is 0 Å². The highest BCUT2D eigenvalue weighted by molar-refractivity contribution is 5.78. The van der Waals surface area contributed by atoms with Crippen LogP contribution in [0.3, 0.4) is 0 Å². The van der Waals surface area contributed by atoms with E-state index in [0.717, 1.165) is 24.7 Å². The second-order valence-electron chi connectivity index (χ2n) is 7.97. The Bertz CT molecular complexity index is 795. The van der Waals surface area contributed by atoms with E-state index >= 15 is 0 Å². The van der Waals surface area contributed by atoms with E-state index in [1.807, 2.05) is 41.6 Å². The minimum absolute atomic E-state index is 0.0696. The van der Waals surface area contributed by atoms with E-state index in [1.54, 1.807) is 0 Å². The zero-order valence-electron chi connectivity index (χ0n) is 14.9. The molecule has 26 heavy (non-hydrogen) atoms. The molecule has 2 aliphatic carbocycles. The summed E-state index contributed by atoms with van der Waals surface area (Å²) in [6.07, 6.45) is 7.92. The summed E-state index contributed by atoms with van der Waals surface area (Å²) >= 11 is 0. The molecule has 1 atom stereocenters. The van der Waals surface area contributed by atoms with E-state index in [2.05, 4.69) is 14.8 Å². The molecule has 6 nitrogen and oxygen atoms in total. The average molecular weight is 352 g/mol. The SMILES string of the molecule is O=C(COc1ccccc1)N1CC(c2nncn2C2CC2)C2(CCC2)C1. The molecule has 2 heterocycles. The van der Waals surface area contributed by atoms with Gasteiger partial charge in [-0.15, -0.1) is 10.2 Å². The van der Waals surface area contributed by atoms with Gasteiger partial charge in [0.05, 0.1) is 0 Å². The van der Waals surface area contributed by atoms with Crippen LogP contribution in [0.5, 0.6) is 5.75 Å². The van der Waals surface area contributed by atoms with Crippen molar-refractivity contribution in [3.8, 4) is 5.75 Å². The van der Waals surface area contributed by atoms with Crippen LogP contribution in [0.2, 0.25) is 0 Å². The van der Waals surface area contributed by atoms with Crippen molar-refractivity contribution >= 4 is 5.91 Å². The molecule has 0 N–H and O–H groups in total. The third-order valence-corrected chi connectivity index (χ3v) is 6.31. The normalized spacial score (nSPS) is 23.8. The molecule has 2 aromatic rings. The Kier molecular flexibility index (Phi) is 3.72. The van der Waals surface area contributed by atoms with Crippen molar-refractivity contribution in [1.82, 2.24) is 19.7 Å². The monoisotopic (exact) mass is 352 g/mol. The molecule has 6 heteroatoms. The van der Waals surface area contributed by atoms with E-state index in [1.165, 1.54) is 32.1 Å². The summed E-state index contributed by atoms with van der Waals surface area (Å²) in [5, 5.41) is 8.65. The summed E-state index contributed by atoms with van der Waals surface area (Å²) in [6.45, 7) is 1.66. The lowest BCUT2D eigenvalue weighted by Crippen LogP contribution is -2.39. The highest BCUT2D eigenvalue weighted by Crippen LogP contribution is 2.56. The van der Waals surface area contributed by atoms with E-state index < -0.39 is 0 Å². The number of para-hydroxylation sites is 1. The number of carbonyl (C=O) groups is 1. The maximum Gasteiger partial charge on any atom is 0.260 e. The van der Waals surface area contributed by atoms with Crippen LogP contribution in [0.15, 0.2) is 36.7 Å². The molecule has 2 saturated carbocycles. The van der Waals surface area contributed by atoms with Crippen LogP contribution in [-0.4, -0.2) is 45.3 Å². The summed E-state index contributed by atoms with van der Waals surface area (Å²) in [6, 6.07) is 10.1. The van der Waals surface area contributed by atoms with Gasteiger partial charge >= 0.3 is 0 Å². The fourth-order valence-corrected chi connectivity index (χ4v) is 4.54. The average Bonchev–Trinajstić information content (AvgIpc) is 3.21. The van der Waals surface area contributed by atoms with Crippen molar-refractivity contribution < 1.29 is 9.53 Å². The molecular formula is C20H24N4O2. The van der Waals surface area contributed by atoms with Gasteiger partial charge in [0.1, 0.15) is 17.9 Å². The first-order valence-corrected chi connectivity index (χ1v) is 9.60. The maximum atomic E-state index is 12.8. The number of hydrogen-bond acceptors (Lipinski definition) is 4. The van der Waals surface area contributed by atoms with Crippen molar-refractivity contribution in [2.45, 2.75) is 44.1 Å². The number of ether oxygens (including phenoxy) is 1. The van der Waals surface area contributed by atoms with Gasteiger partial charge in [0.2, 0.25) is 0 Å². The lowest BCUT2D eigenvalue weighted by Gasteiger charge is -2.42. The first-order chi connectivity index (χ1) is 12.8. The fourth-order valence-electron chi connectivity index (χ4n) is 4.54. The quantitative estimate of drug-likeness (QED) is 0.830. The Hall–Kier alpha value is -2.37. The minimum atomic E-state index is 0.0696. The Morgan fingerprint density at radius 3 is 2.73 bits per heavy atom. The highest BCUT2D eigenvalue weighted by atomic mass is 16.5. The second kappa shape index (κ2) is 6.11. The summed E-state index contributed by atoms with van der Waals surface area (Å²) < 4.78 is 7.94. The summed E-state index contributed by atoms with van der Waals surface area (Å²) in [5.74, 6) is 2.20. The number of carbonyl (C=O) groups excluding carboxylic acids is 1. The van der Waals surface area contributed by atoms with E-state index in [-0.39, 0.29) is 17.9 Å². The number of rotatable bonds is 5. The molecule has 0 radical (unpaired) electrons. The molecule has 5 rings (SSSR count). The van der Waals surface area contributed by atoms with E-state index in [9.17, 15) is 4.79 Å². The van der Waals surface area contributed by atoms with Gasteiger partial charge in [0.25, 0.3) is 5.91 Å². The molecule has 3 fully saturated rings. The van der Waals surface area contributed by atoms with Gasteiger partial charge in [-0.05, 0) is 43.2 Å². The van der Waals surface area contributed by atoms with Crippen LogP contribution < -0.4 is 4.74 Å². The maximum absolute atomic E-state index is 12.8. The molecule has 3 aliphatic rings. The predicted molar refractivity (Wildman–Crippen MR) is 95.8 cm³/mol. The zero-order valence-corrected chi connectivity index (χ0v) is 14.9. The first kappa shape index (κ1) is 15.9. The van der Waals surface area contributed by atoms with E-state index in [4.69, 9.17) is 4.74 Å². The lowest BCUT2D eigenvalue weighted by atomic mass is 9.62. The van der Waals surface area contributed by atoms with Crippen LogP contribution >= 0.6 is 0 Å². The number of nitrogens with zero attached hydrogens (tertiary/aromatic N) is 4. The lowest BCUT2D eigenvalue weighted by molar-refractivity contribution is -0.133. The standard InChI is InChI=1S/C20H24N4O2/c25-18(12-26-16-5-2-1-3-6-16)23-11-17(20(13-23)9-4-10-20)19-22-21-14-24(19)15-7-8-15/h1-3,5-6,14-15,17H,4,7-13H2. The molecular weight excluding hydrogens is 328 g/mol. The summed E-state index contributed by atoms with van der Waals surface area (Å²) in [7, 11) is 0. The Labute approximate surface area is 153 Å². The minimum Gasteiger partial charge on any atom is -0.484 e. The third-order valence-electron chi connectivity index (χ3n) is 6.31. The van der Waals surface area contributed by atoms with Crippen LogP contribution in [-0.2, 0) is 4.79 Å². The Morgan fingerprint density at radius 1 is 1.23 bits per heavy atom. The smallest absolute Gasteiger partial charge is 0.260 e. The highest BCUT2D eigenvalue weighted by Gasteiger charge is 2.54. The number of hydrogen-bond donors (Lipinski definition) is 0. The van der Waals surface area contributed by atoms with Crippen LogP contribution in [0.1, 0.15) is 49.9 Å². The molecule has 1 aromatic carbocycles. The molecule has 1 saturated heterocycles. The second-order valence-corrected chi connectivity index (χ2v) is 7.97. The zero-order chi connectivity index (χ0) is 17.6. The molecule has 1 unspecified atom stereocenters. The van der Waals surface area contributed by atoms with Crippen LogP contribution in [0.4, 0.5) is 0 Å². The third kappa shape index (κ3) is 2.68. The molecule has 1 amide bonds. The first-order valence-electron chi connectivity index (χ1n) is 9.60. The van der Waals surface area contributed by atoms with E-state index in [0.29, 0.717) is 12.0 Å². The Morgan fingerprint density at radius 2 is 2.04 bits per heavy atom. The largest absolute Gasteiger partial charge is 0.484 e. The molecule has 136 valence electrons. The molecule has 1 aliphatic heterocycles. The van der Waals surface area contributed by atoms with Gasteiger partial charge in [0.15, 0.2) is 6.61 Å². The fraction of sp³-hybridized carbons (Fsp3) is 0.550. The van der Waals surface area contributed by atoms with Gasteiger partial charge in [-0.3, -0.25) is 4.79 Å². The number of benzene rings is 1. The van der Waals surface area contributed by atoms with Crippen molar-refractivity contribution in [2.75, 3.05) is 19.7 Å². The molecule has 1 aromatic heterocycles. The van der Waals surface area contributed by atoms with Crippen molar-refractivity contribution in [3.63, 3.8) is 0 Å². The Balaban J connectivity index is 1.31. The topological polar surface area (TPSA) is 60.2 Å². The van der Waals surface area contributed by atoms with Crippen LogP contribution in [0, 0.1) is 5.41 Å². The molecule has 1 spiro atoms. The number of likely N-dealkylation sites (tertiary alicyclic amines) is 1. The van der Waals surface area contributed by atoms with Gasteiger partial charge in [-0.25, -0.2) is 0 Å². The molecule has 0 bridgehead atoms. The van der Waals surface area contributed by atoms with Gasteiger partial charge < -0.3 is 14.2 Å². The number of amides is 1.